The van der Waals surface area contributed by atoms with Gasteiger partial charge >= 0.3 is 0 Å². The van der Waals surface area contributed by atoms with Gasteiger partial charge < -0.3 is 5.11 Å². The lowest BCUT2D eigenvalue weighted by molar-refractivity contribution is 0.302. The Kier molecular flexibility index (Phi) is 5.39. The zero-order chi connectivity index (χ0) is 12.7. The molecule has 0 aliphatic carbocycles. The first-order valence-electron chi connectivity index (χ1n) is 6.08. The van der Waals surface area contributed by atoms with Crippen molar-refractivity contribution in [3.05, 3.63) is 53.2 Å². The van der Waals surface area contributed by atoms with Crippen LogP contribution < -0.4 is 0 Å². The second-order valence-electron chi connectivity index (χ2n) is 5.17. The number of hydrogen-bond donors (Lipinski definition) is 1. The quantitative estimate of drug-likeness (QED) is 0.617. The minimum atomic E-state index is -1.31. The summed E-state index contributed by atoms with van der Waals surface area (Å²) in [6.07, 6.45) is 7.28. The molecule has 0 aromatic heterocycles. The third kappa shape index (κ3) is 5.15. The molecule has 0 fully saturated rings. The Morgan fingerprint density at radius 2 is 1.82 bits per heavy atom. The fourth-order valence-electron chi connectivity index (χ4n) is 1.59. The summed E-state index contributed by atoms with van der Waals surface area (Å²) in [5, 5.41) is 10.3. The van der Waals surface area contributed by atoms with Crippen molar-refractivity contribution in [3.63, 3.8) is 0 Å². The van der Waals surface area contributed by atoms with Gasteiger partial charge in [0.1, 0.15) is 0 Å². The summed E-state index contributed by atoms with van der Waals surface area (Å²) in [6, 6.07) is 10.3. The number of allylic oxidation sites excluding steroid dienone is 2. The minimum Gasteiger partial charge on any atom is -0.396 e. The van der Waals surface area contributed by atoms with E-state index in [0.29, 0.717) is 0 Å². The van der Waals surface area contributed by atoms with Gasteiger partial charge in [-0.1, -0.05) is 73.4 Å². The molecule has 1 aromatic carbocycles. The molecule has 1 N–H and O–H groups in total. The zero-order valence-corrected chi connectivity index (χ0v) is 12.0. The molecule has 0 saturated heterocycles. The molecule has 92 valence electrons. The van der Waals surface area contributed by atoms with E-state index in [9.17, 15) is 0 Å². The Hall–Kier alpha value is -1.12. The van der Waals surface area contributed by atoms with Crippen molar-refractivity contribution in [2.45, 2.75) is 26.1 Å². The molecule has 1 nitrogen and oxygen atoms in total. The van der Waals surface area contributed by atoms with Crippen LogP contribution >= 0.6 is 0 Å². The second kappa shape index (κ2) is 6.57. The van der Waals surface area contributed by atoms with E-state index >= 15 is 0 Å². The van der Waals surface area contributed by atoms with Gasteiger partial charge in [-0.25, -0.2) is 0 Å². The maximum Gasteiger partial charge on any atom is 0.0771 e. The molecule has 0 heterocycles. The average molecular weight is 246 g/mol. The van der Waals surface area contributed by atoms with Gasteiger partial charge in [0, 0.05) is 6.61 Å². The van der Waals surface area contributed by atoms with Crippen molar-refractivity contribution in [2.75, 3.05) is 6.61 Å². The Morgan fingerprint density at radius 1 is 1.18 bits per heavy atom. The normalized spacial score (nSPS) is 13.3. The van der Waals surface area contributed by atoms with Crippen molar-refractivity contribution in [3.8, 4) is 0 Å². The summed E-state index contributed by atoms with van der Waals surface area (Å²) in [6.45, 7) is 7.20. The lowest BCUT2D eigenvalue weighted by Gasteiger charge is -2.18. The van der Waals surface area contributed by atoms with E-state index in [1.165, 1.54) is 10.8 Å². The number of hydrogen-bond acceptors (Lipinski definition) is 1. The molecular weight excluding hydrogens is 224 g/mol. The highest BCUT2D eigenvalue weighted by molar-refractivity contribution is 6.83. The number of aliphatic hydroxyl groups is 1. The first-order valence-corrected chi connectivity index (χ1v) is 9.58. The number of aliphatic hydroxyl groups excluding tert-OH is 1. The predicted molar refractivity (Wildman–Crippen MR) is 78.6 cm³/mol. The summed E-state index contributed by atoms with van der Waals surface area (Å²) in [7, 11) is -1.31. The summed E-state index contributed by atoms with van der Waals surface area (Å²) in [5.41, 5.74) is 1.22. The molecule has 1 aromatic rings. The van der Waals surface area contributed by atoms with E-state index < -0.39 is 8.07 Å². The Morgan fingerprint density at radius 3 is 2.35 bits per heavy atom. The van der Waals surface area contributed by atoms with Crippen molar-refractivity contribution in [1.29, 1.82) is 0 Å². The molecule has 0 spiro atoms. The minimum absolute atomic E-state index is 0.229. The molecule has 0 unspecified atom stereocenters. The van der Waals surface area contributed by atoms with Gasteiger partial charge in [-0.2, -0.15) is 0 Å². The van der Waals surface area contributed by atoms with Crippen molar-refractivity contribution >= 4 is 14.1 Å². The summed E-state index contributed by atoms with van der Waals surface area (Å²) >= 11 is 0. The molecule has 0 saturated carbocycles. The summed E-state index contributed by atoms with van der Waals surface area (Å²) in [5.74, 6) is 0. The maximum atomic E-state index is 8.91. The fourth-order valence-corrected chi connectivity index (χ4v) is 2.93. The van der Waals surface area contributed by atoms with Gasteiger partial charge in [0.15, 0.2) is 0 Å². The van der Waals surface area contributed by atoms with Crippen LogP contribution in [0.1, 0.15) is 12.0 Å². The van der Waals surface area contributed by atoms with Crippen molar-refractivity contribution < 1.29 is 5.11 Å². The Labute approximate surface area is 106 Å². The van der Waals surface area contributed by atoms with E-state index in [4.69, 9.17) is 5.11 Å². The topological polar surface area (TPSA) is 20.2 Å². The summed E-state index contributed by atoms with van der Waals surface area (Å²) < 4.78 is 0. The molecule has 0 aliphatic heterocycles. The highest BCUT2D eigenvalue weighted by Crippen LogP contribution is 2.18. The zero-order valence-electron chi connectivity index (χ0n) is 11.0. The Balaban J connectivity index is 2.84. The van der Waals surface area contributed by atoms with Crippen LogP contribution in [0.3, 0.4) is 0 Å². The van der Waals surface area contributed by atoms with E-state index in [-0.39, 0.29) is 6.61 Å². The lowest BCUT2D eigenvalue weighted by atomic mass is 10.2. The molecule has 1 rings (SSSR count). The third-order valence-electron chi connectivity index (χ3n) is 2.61. The van der Waals surface area contributed by atoms with Crippen molar-refractivity contribution in [1.82, 2.24) is 0 Å². The van der Waals surface area contributed by atoms with Crippen LogP contribution in [-0.4, -0.2) is 19.8 Å². The first-order chi connectivity index (χ1) is 8.04. The van der Waals surface area contributed by atoms with Gasteiger partial charge in [0.05, 0.1) is 8.07 Å². The van der Waals surface area contributed by atoms with Crippen LogP contribution in [0.4, 0.5) is 0 Å². The van der Waals surface area contributed by atoms with Gasteiger partial charge in [0.25, 0.3) is 0 Å². The SMILES string of the molecule is C[Si](C)(C)C(/C=C/c1ccccc1)=C/CCO. The van der Waals surface area contributed by atoms with Crippen LogP contribution in [0.2, 0.25) is 19.6 Å². The molecule has 0 bridgehead atoms. The number of rotatable bonds is 5. The van der Waals surface area contributed by atoms with E-state index in [0.717, 1.165) is 6.42 Å². The smallest absolute Gasteiger partial charge is 0.0771 e. The van der Waals surface area contributed by atoms with Gasteiger partial charge in [-0.3, -0.25) is 0 Å². The van der Waals surface area contributed by atoms with Crippen LogP contribution in [0.15, 0.2) is 47.7 Å². The third-order valence-corrected chi connectivity index (χ3v) is 4.72. The summed E-state index contributed by atoms with van der Waals surface area (Å²) in [4.78, 5) is 0. The fraction of sp³-hybridized carbons (Fsp3) is 0.333. The average Bonchev–Trinajstić information content (AvgIpc) is 2.29. The van der Waals surface area contributed by atoms with Crippen LogP contribution in [0.25, 0.3) is 6.08 Å². The van der Waals surface area contributed by atoms with E-state index in [1.807, 2.05) is 18.2 Å². The predicted octanol–water partition coefficient (Wildman–Crippen LogP) is 3.89. The van der Waals surface area contributed by atoms with E-state index in [2.05, 4.69) is 50.0 Å². The van der Waals surface area contributed by atoms with E-state index in [1.54, 1.807) is 0 Å². The molecule has 0 radical (unpaired) electrons. The monoisotopic (exact) mass is 246 g/mol. The molecule has 17 heavy (non-hydrogen) atoms. The lowest BCUT2D eigenvalue weighted by Crippen LogP contribution is -2.22. The highest BCUT2D eigenvalue weighted by Gasteiger charge is 2.16. The molecule has 0 aliphatic rings. The van der Waals surface area contributed by atoms with Crippen molar-refractivity contribution in [2.24, 2.45) is 0 Å². The largest absolute Gasteiger partial charge is 0.396 e. The Bertz CT molecular complexity index is 385. The molecule has 0 amide bonds. The van der Waals surface area contributed by atoms with Crippen LogP contribution in [-0.2, 0) is 0 Å². The molecular formula is C15H22OSi. The molecule has 0 atom stereocenters. The van der Waals surface area contributed by atoms with Gasteiger partial charge in [-0.15, -0.1) is 0 Å². The van der Waals surface area contributed by atoms with Gasteiger partial charge in [0.2, 0.25) is 0 Å². The second-order valence-corrected chi connectivity index (χ2v) is 10.2. The highest BCUT2D eigenvalue weighted by atomic mass is 28.3. The molecule has 2 heteroatoms. The number of benzene rings is 1. The van der Waals surface area contributed by atoms with Gasteiger partial charge in [-0.05, 0) is 12.0 Å². The van der Waals surface area contributed by atoms with Crippen LogP contribution in [0.5, 0.6) is 0 Å². The van der Waals surface area contributed by atoms with Crippen LogP contribution in [0, 0.1) is 0 Å². The maximum absolute atomic E-state index is 8.91. The first kappa shape index (κ1) is 13.9. The standard InChI is InChI=1S/C15H22OSi/c1-17(2,3)15(10-7-13-16)12-11-14-8-5-4-6-9-14/h4-6,8-12,16H,7,13H2,1-3H3/b12-11+,15-10+.